The van der Waals surface area contributed by atoms with Gasteiger partial charge in [0.25, 0.3) is 0 Å². The van der Waals surface area contributed by atoms with Gasteiger partial charge in [-0.05, 0) is 99.4 Å². The van der Waals surface area contributed by atoms with Crippen molar-refractivity contribution in [3.05, 3.63) is 105 Å². The third kappa shape index (κ3) is 11.6. The molecule has 58 heavy (non-hydrogen) atoms. The van der Waals surface area contributed by atoms with Crippen molar-refractivity contribution in [3.63, 3.8) is 0 Å². The molecule has 2 aliphatic rings. The van der Waals surface area contributed by atoms with E-state index < -0.39 is 11.9 Å². The van der Waals surface area contributed by atoms with Gasteiger partial charge >= 0.3 is 11.9 Å². The van der Waals surface area contributed by atoms with Gasteiger partial charge in [0, 0.05) is 30.6 Å². The van der Waals surface area contributed by atoms with Crippen LogP contribution in [0.1, 0.15) is 112 Å². The van der Waals surface area contributed by atoms with E-state index in [2.05, 4.69) is 33.0 Å². The lowest BCUT2D eigenvalue weighted by Crippen LogP contribution is -2.13. The molecule has 8 rings (SSSR count). The number of fused-ring (bicyclic) bond motifs is 2. The molecule has 0 aliphatic heterocycles. The summed E-state index contributed by atoms with van der Waals surface area (Å²) in [7, 11) is 0. The summed E-state index contributed by atoms with van der Waals surface area (Å²) in [4.78, 5) is 26.4. The van der Waals surface area contributed by atoms with Crippen molar-refractivity contribution < 1.29 is 19.1 Å². The fourth-order valence-corrected chi connectivity index (χ4v) is 9.74. The van der Waals surface area contributed by atoms with Crippen LogP contribution in [0.15, 0.2) is 72.8 Å². The van der Waals surface area contributed by atoms with Gasteiger partial charge in [0.15, 0.2) is 16.5 Å². The molecule has 0 amide bonds. The molecule has 0 saturated heterocycles. The van der Waals surface area contributed by atoms with Crippen molar-refractivity contribution in [2.75, 3.05) is 13.2 Å². The molecule has 13 heteroatoms. The Labute approximate surface area is 364 Å². The third-order valence-corrected chi connectivity index (χ3v) is 13.1. The lowest BCUT2D eigenvalue weighted by atomic mass is 9.85. The van der Waals surface area contributed by atoms with Crippen molar-refractivity contribution in [2.24, 2.45) is 5.92 Å². The molecule has 2 aromatic carbocycles. The van der Waals surface area contributed by atoms with E-state index in [1.54, 1.807) is 25.2 Å². The zero-order chi connectivity index (χ0) is 40.3. The van der Waals surface area contributed by atoms with Crippen LogP contribution in [0.25, 0.3) is 41.1 Å². The minimum atomic E-state index is -0.499. The number of thiophene rings is 2. The van der Waals surface area contributed by atoms with Crippen LogP contribution < -0.4 is 0 Å². The van der Waals surface area contributed by atoms with Gasteiger partial charge in [0.2, 0.25) is 0 Å². The highest BCUT2D eigenvalue weighted by molar-refractivity contribution is 7.23. The summed E-state index contributed by atoms with van der Waals surface area (Å²) in [6, 6.07) is 19.2. The van der Waals surface area contributed by atoms with Crippen molar-refractivity contribution in [2.45, 2.75) is 91.9 Å². The quantitative estimate of drug-likeness (QED) is 0.110. The number of ether oxygens (including phenoxy) is 2. The van der Waals surface area contributed by atoms with Gasteiger partial charge in [-0.3, -0.25) is 0 Å². The lowest BCUT2D eigenvalue weighted by Gasteiger charge is -2.21. The second-order valence-electron chi connectivity index (χ2n) is 14.0. The maximum absolute atomic E-state index is 12.4. The molecule has 0 atom stereocenters. The van der Waals surface area contributed by atoms with Crippen molar-refractivity contribution in [1.82, 2.24) is 20.4 Å². The summed E-state index contributed by atoms with van der Waals surface area (Å²) in [5.41, 5.74) is 5.01. The summed E-state index contributed by atoms with van der Waals surface area (Å²) in [6.45, 7) is 8.05. The standard InChI is InChI=1S/C22H23ClN2O2S.C15H10Cl2N2O2S.C7H12.CH4/c1-2-27-22(26)20-21-17(13-19(28-21)15-8-10-16(23)11-9-15)18(24-25-20)12-14-6-4-3-5-7-14;1-2-21-15(20)12-13-10(14(17)19-18-12)7-11(22-13)8-3-5-9(16)6-4-8;1-7-5-3-2-4-6-7;/h8-11,13-14H,2-7,12H2,1H3;3-7H,2H2,1H3;1-6H2;1H4. The number of esters is 2. The number of carbonyl (C=O) groups excluding carboxylic acids is 2. The van der Waals surface area contributed by atoms with Gasteiger partial charge in [-0.15, -0.1) is 38.0 Å². The molecule has 306 valence electrons. The zero-order valence-corrected chi connectivity index (χ0v) is 36.0. The number of aromatic nitrogens is 4. The Morgan fingerprint density at radius 2 is 1.14 bits per heavy atom. The number of hydrogen-bond acceptors (Lipinski definition) is 10. The van der Waals surface area contributed by atoms with E-state index in [-0.39, 0.29) is 24.9 Å². The predicted octanol–water partition coefficient (Wildman–Crippen LogP) is 14.3. The zero-order valence-electron chi connectivity index (χ0n) is 32.1. The molecule has 8 nitrogen and oxygen atoms in total. The SMILES string of the molecule is C.C=C1CCCCC1.CCOC(=O)c1nnc(CC2CCCCC2)c2cc(-c3ccc(Cl)cc3)sc12.CCOC(=O)c1nnc(Cl)c2cc(-c3ccc(Cl)cc3)sc12. The molecule has 0 radical (unpaired) electrons. The lowest BCUT2D eigenvalue weighted by molar-refractivity contribution is 0.0511. The van der Waals surface area contributed by atoms with Gasteiger partial charge in [-0.1, -0.05) is 117 Å². The van der Waals surface area contributed by atoms with E-state index >= 15 is 0 Å². The van der Waals surface area contributed by atoms with Crippen molar-refractivity contribution in [3.8, 4) is 20.9 Å². The summed E-state index contributed by atoms with van der Waals surface area (Å²) < 4.78 is 11.8. The first-order valence-corrected chi connectivity index (χ1v) is 22.2. The topological polar surface area (TPSA) is 104 Å². The molecular formula is C45H49Cl3N4O4S2. The minimum absolute atomic E-state index is 0. The van der Waals surface area contributed by atoms with Crippen LogP contribution >= 0.6 is 57.5 Å². The summed E-state index contributed by atoms with van der Waals surface area (Å²) in [5.74, 6) is -0.256. The van der Waals surface area contributed by atoms with Crippen molar-refractivity contribution >= 4 is 89.6 Å². The van der Waals surface area contributed by atoms with Crippen LogP contribution in [0.3, 0.4) is 0 Å². The van der Waals surface area contributed by atoms with Gasteiger partial charge in [-0.2, -0.15) is 5.10 Å². The molecule has 0 N–H and O–H groups in total. The van der Waals surface area contributed by atoms with Crippen LogP contribution in [0.2, 0.25) is 15.2 Å². The highest BCUT2D eigenvalue weighted by atomic mass is 35.5. The Hall–Kier alpha value is -3.93. The second-order valence-corrected chi connectivity index (χ2v) is 17.4. The van der Waals surface area contributed by atoms with Crippen LogP contribution in [-0.4, -0.2) is 45.5 Å². The van der Waals surface area contributed by atoms with E-state index in [1.165, 1.54) is 81.1 Å². The Bertz CT molecular complexity index is 2310. The Kier molecular flexibility index (Phi) is 17.0. The molecule has 2 aliphatic carbocycles. The highest BCUT2D eigenvalue weighted by Gasteiger charge is 2.23. The maximum Gasteiger partial charge on any atom is 0.360 e. The van der Waals surface area contributed by atoms with E-state index in [4.69, 9.17) is 44.3 Å². The summed E-state index contributed by atoms with van der Waals surface area (Å²) in [5, 5.41) is 19.8. The van der Waals surface area contributed by atoms with Crippen LogP contribution in [-0.2, 0) is 15.9 Å². The number of benzene rings is 2. The molecular weight excluding hydrogens is 831 g/mol. The fraction of sp³-hybridized carbons (Fsp3) is 0.378. The molecule has 6 aromatic rings. The minimum Gasteiger partial charge on any atom is -0.461 e. The Morgan fingerprint density at radius 1 is 0.672 bits per heavy atom. The summed E-state index contributed by atoms with van der Waals surface area (Å²) >= 11 is 21.0. The van der Waals surface area contributed by atoms with Crippen LogP contribution in [0.5, 0.6) is 0 Å². The van der Waals surface area contributed by atoms with Crippen molar-refractivity contribution in [1.29, 1.82) is 0 Å². The largest absolute Gasteiger partial charge is 0.461 e. The van der Waals surface area contributed by atoms with Gasteiger partial charge in [-0.25, -0.2) is 9.59 Å². The smallest absolute Gasteiger partial charge is 0.360 e. The van der Waals surface area contributed by atoms with Gasteiger partial charge in [0.1, 0.15) is 0 Å². The highest BCUT2D eigenvalue weighted by Crippen LogP contribution is 2.39. The molecule has 2 saturated carbocycles. The maximum atomic E-state index is 12.4. The summed E-state index contributed by atoms with van der Waals surface area (Å²) in [6.07, 6.45) is 14.1. The monoisotopic (exact) mass is 878 g/mol. The molecule has 4 heterocycles. The van der Waals surface area contributed by atoms with Gasteiger partial charge in [0.05, 0.1) is 28.3 Å². The van der Waals surface area contributed by atoms with Crippen LogP contribution in [0, 0.1) is 5.92 Å². The number of allylic oxidation sites excluding steroid dienone is 1. The normalized spacial score (nSPS) is 14.1. The molecule has 0 bridgehead atoms. The molecule has 0 spiro atoms. The van der Waals surface area contributed by atoms with Crippen LogP contribution in [0.4, 0.5) is 0 Å². The number of halogens is 3. The van der Waals surface area contributed by atoms with E-state index in [1.807, 2.05) is 54.6 Å². The molecule has 0 unspecified atom stereocenters. The first kappa shape index (κ1) is 45.2. The van der Waals surface area contributed by atoms with E-state index in [9.17, 15) is 9.59 Å². The average molecular weight is 880 g/mol. The first-order valence-electron chi connectivity index (χ1n) is 19.4. The average Bonchev–Trinajstić information content (AvgIpc) is 3.87. The number of hydrogen-bond donors (Lipinski definition) is 0. The first-order chi connectivity index (χ1) is 27.6. The Morgan fingerprint density at radius 3 is 1.62 bits per heavy atom. The molecule has 2 fully saturated rings. The number of nitrogens with zero attached hydrogens (tertiary/aromatic N) is 4. The fourth-order valence-electron chi connectivity index (χ4n) is 6.95. The van der Waals surface area contributed by atoms with E-state index in [0.717, 1.165) is 43.1 Å². The Balaban J connectivity index is 0.000000190. The number of carbonyl (C=O) groups is 2. The van der Waals surface area contributed by atoms with Gasteiger partial charge < -0.3 is 9.47 Å². The number of rotatable bonds is 8. The predicted molar refractivity (Wildman–Crippen MR) is 242 cm³/mol. The second kappa shape index (κ2) is 21.9. The molecule has 4 aromatic heterocycles. The third-order valence-electron chi connectivity index (χ3n) is 9.90. The van der Waals surface area contributed by atoms with E-state index in [0.29, 0.717) is 38.4 Å².